The Morgan fingerprint density at radius 3 is 2.67 bits per heavy atom. The lowest BCUT2D eigenvalue weighted by molar-refractivity contribution is -0.230. The maximum atomic E-state index is 12.5. The minimum atomic E-state index is -0.553. The summed E-state index contributed by atoms with van der Waals surface area (Å²) < 4.78 is 11.4. The third-order valence-corrected chi connectivity index (χ3v) is 9.39. The molecule has 3 aliphatic carbocycles. The number of rotatable bonds is 4. The third kappa shape index (κ3) is 3.30. The second-order valence-electron chi connectivity index (χ2n) is 12.1. The second kappa shape index (κ2) is 7.50. The highest BCUT2D eigenvalue weighted by molar-refractivity contribution is 5.75. The minimum Gasteiger partial charge on any atom is -0.465 e. The van der Waals surface area contributed by atoms with Crippen LogP contribution in [0.15, 0.2) is 0 Å². The fraction of sp³-hybridized carbons (Fsp3) is 0.920. The van der Waals surface area contributed by atoms with E-state index >= 15 is 0 Å². The number of esters is 2. The molecule has 0 unspecified atom stereocenters. The monoisotopic (exact) mass is 420 g/mol. The smallest absolute Gasteiger partial charge is 0.309 e. The van der Waals surface area contributed by atoms with Gasteiger partial charge in [0.2, 0.25) is 0 Å². The molecule has 30 heavy (non-hydrogen) atoms. The molecule has 0 aromatic heterocycles. The summed E-state index contributed by atoms with van der Waals surface area (Å²) in [4.78, 5) is 25.0. The van der Waals surface area contributed by atoms with Crippen LogP contribution in [0.3, 0.4) is 0 Å². The van der Waals surface area contributed by atoms with Gasteiger partial charge in [0.05, 0.1) is 25.2 Å². The number of fused-ring (bicyclic) bond motifs is 5. The van der Waals surface area contributed by atoms with Crippen molar-refractivity contribution in [3.63, 3.8) is 0 Å². The van der Waals surface area contributed by atoms with E-state index in [2.05, 4.69) is 20.8 Å². The minimum absolute atomic E-state index is 0.0134. The second-order valence-corrected chi connectivity index (χ2v) is 12.1. The van der Waals surface area contributed by atoms with Crippen LogP contribution in [0.1, 0.15) is 79.6 Å². The average Bonchev–Trinajstić information content (AvgIpc) is 3.00. The van der Waals surface area contributed by atoms with Gasteiger partial charge in [-0.05, 0) is 60.7 Å². The zero-order valence-corrected chi connectivity index (χ0v) is 19.4. The summed E-state index contributed by atoms with van der Waals surface area (Å²) in [6, 6.07) is 0. The molecule has 3 saturated carbocycles. The number of carbonyl (C=O) groups excluding carboxylic acids is 2. The highest BCUT2D eigenvalue weighted by Crippen LogP contribution is 2.69. The zero-order valence-electron chi connectivity index (χ0n) is 19.4. The standard InChI is InChI=1S/C25H40O5/c1-15(2)11-20(27)30-14-25-10-7-19-23(3,4)8-6-9-24(19,5)21(25)18(26)12-16-17(25)13-29-22(16)28/h15-19,21,26H,6-14H2,1-5H3/t16-,17-,18+,19+,21-,24+,25-/m1/s1. The van der Waals surface area contributed by atoms with E-state index in [0.29, 0.717) is 32.0 Å². The fourth-order valence-corrected chi connectivity index (χ4v) is 8.38. The van der Waals surface area contributed by atoms with Crippen molar-refractivity contribution in [2.75, 3.05) is 13.2 Å². The van der Waals surface area contributed by atoms with Crippen molar-refractivity contribution in [3.05, 3.63) is 0 Å². The van der Waals surface area contributed by atoms with Gasteiger partial charge in [0.25, 0.3) is 0 Å². The molecule has 0 bridgehead atoms. The fourth-order valence-electron chi connectivity index (χ4n) is 8.38. The van der Waals surface area contributed by atoms with Crippen LogP contribution < -0.4 is 0 Å². The molecule has 1 aliphatic heterocycles. The Morgan fingerprint density at radius 1 is 1.23 bits per heavy atom. The summed E-state index contributed by atoms with van der Waals surface area (Å²) in [5.74, 6) is 0.236. The van der Waals surface area contributed by atoms with Crippen molar-refractivity contribution < 1.29 is 24.2 Å². The Bertz CT molecular complexity index is 700. The lowest BCUT2D eigenvalue weighted by Crippen LogP contribution is -2.65. The first kappa shape index (κ1) is 22.1. The normalized spacial score (nSPS) is 44.6. The van der Waals surface area contributed by atoms with E-state index in [-0.39, 0.29) is 51.9 Å². The van der Waals surface area contributed by atoms with E-state index < -0.39 is 6.10 Å². The molecule has 1 heterocycles. The van der Waals surface area contributed by atoms with Crippen LogP contribution in [-0.4, -0.2) is 36.4 Å². The Morgan fingerprint density at radius 2 is 1.97 bits per heavy atom. The Balaban J connectivity index is 1.72. The summed E-state index contributed by atoms with van der Waals surface area (Å²) in [5, 5.41) is 11.5. The van der Waals surface area contributed by atoms with Crippen molar-refractivity contribution in [3.8, 4) is 0 Å². The summed E-state index contributed by atoms with van der Waals surface area (Å²) in [6.07, 6.45) is 5.77. The lowest BCUT2D eigenvalue weighted by atomic mass is 9.38. The van der Waals surface area contributed by atoms with E-state index in [9.17, 15) is 14.7 Å². The molecular formula is C25H40O5. The Kier molecular flexibility index (Phi) is 5.52. The number of ether oxygens (including phenoxy) is 2. The van der Waals surface area contributed by atoms with Crippen LogP contribution in [0, 0.1) is 45.8 Å². The molecule has 4 aliphatic rings. The molecule has 4 fully saturated rings. The van der Waals surface area contributed by atoms with Crippen LogP contribution in [-0.2, 0) is 19.1 Å². The van der Waals surface area contributed by atoms with Crippen molar-refractivity contribution >= 4 is 11.9 Å². The van der Waals surface area contributed by atoms with E-state index in [4.69, 9.17) is 9.47 Å². The number of aliphatic hydroxyl groups is 1. The van der Waals surface area contributed by atoms with E-state index in [1.807, 2.05) is 13.8 Å². The molecule has 1 saturated heterocycles. The van der Waals surface area contributed by atoms with E-state index in [0.717, 1.165) is 25.7 Å². The molecule has 0 amide bonds. The van der Waals surface area contributed by atoms with Gasteiger partial charge in [-0.2, -0.15) is 0 Å². The predicted octanol–water partition coefficient (Wildman–Crippen LogP) is 4.36. The number of cyclic esters (lactones) is 1. The topological polar surface area (TPSA) is 72.8 Å². The van der Waals surface area contributed by atoms with Crippen LogP contribution in [0.25, 0.3) is 0 Å². The van der Waals surface area contributed by atoms with Gasteiger partial charge >= 0.3 is 11.9 Å². The van der Waals surface area contributed by atoms with E-state index in [1.165, 1.54) is 6.42 Å². The van der Waals surface area contributed by atoms with Crippen molar-refractivity contribution in [2.24, 2.45) is 45.8 Å². The first-order chi connectivity index (χ1) is 14.0. The van der Waals surface area contributed by atoms with Crippen LogP contribution in [0.5, 0.6) is 0 Å². The lowest BCUT2D eigenvalue weighted by Gasteiger charge is -2.67. The summed E-state index contributed by atoms with van der Waals surface area (Å²) in [5.41, 5.74) is -0.147. The molecule has 0 spiro atoms. The summed E-state index contributed by atoms with van der Waals surface area (Å²) in [6.45, 7) is 11.9. The molecule has 4 rings (SSSR count). The number of hydrogen-bond acceptors (Lipinski definition) is 5. The van der Waals surface area contributed by atoms with Crippen molar-refractivity contribution in [2.45, 2.75) is 85.7 Å². The quantitative estimate of drug-likeness (QED) is 0.684. The number of carbonyl (C=O) groups is 2. The van der Waals surface area contributed by atoms with Crippen molar-refractivity contribution in [1.29, 1.82) is 0 Å². The Hall–Kier alpha value is -1.10. The number of aliphatic hydroxyl groups excluding tert-OH is 1. The third-order valence-electron chi connectivity index (χ3n) is 9.39. The highest BCUT2D eigenvalue weighted by Gasteiger charge is 2.69. The first-order valence-electron chi connectivity index (χ1n) is 12.0. The van der Waals surface area contributed by atoms with Gasteiger partial charge in [-0.1, -0.05) is 41.0 Å². The summed E-state index contributed by atoms with van der Waals surface area (Å²) >= 11 is 0. The average molecular weight is 421 g/mol. The SMILES string of the molecule is CC(C)CC(=O)OC[C@@]12CC[C@H]3C(C)(C)CCC[C@]3(C)[C@H]1[C@@H](O)C[C@H]1C(=O)OC[C@H]12. The molecule has 0 radical (unpaired) electrons. The van der Waals surface area contributed by atoms with Gasteiger partial charge in [0.15, 0.2) is 0 Å². The molecule has 7 atom stereocenters. The molecule has 5 heteroatoms. The van der Waals surface area contributed by atoms with Crippen LogP contribution >= 0.6 is 0 Å². The predicted molar refractivity (Wildman–Crippen MR) is 113 cm³/mol. The Labute approximate surface area is 181 Å². The van der Waals surface area contributed by atoms with Crippen molar-refractivity contribution in [1.82, 2.24) is 0 Å². The van der Waals surface area contributed by atoms with Crippen LogP contribution in [0.4, 0.5) is 0 Å². The van der Waals surface area contributed by atoms with Gasteiger partial charge in [-0.3, -0.25) is 9.59 Å². The molecule has 5 nitrogen and oxygen atoms in total. The van der Waals surface area contributed by atoms with Gasteiger partial charge in [-0.15, -0.1) is 0 Å². The van der Waals surface area contributed by atoms with Gasteiger partial charge in [0, 0.05) is 17.8 Å². The molecule has 170 valence electrons. The molecule has 0 aromatic carbocycles. The molecule has 0 aromatic rings. The zero-order chi connectivity index (χ0) is 21.9. The maximum absolute atomic E-state index is 12.5. The largest absolute Gasteiger partial charge is 0.465 e. The molecular weight excluding hydrogens is 380 g/mol. The van der Waals surface area contributed by atoms with Crippen LogP contribution in [0.2, 0.25) is 0 Å². The van der Waals surface area contributed by atoms with E-state index in [1.54, 1.807) is 0 Å². The number of hydrogen-bond donors (Lipinski definition) is 1. The van der Waals surface area contributed by atoms with Gasteiger partial charge in [-0.25, -0.2) is 0 Å². The van der Waals surface area contributed by atoms with Gasteiger partial charge in [0.1, 0.15) is 0 Å². The first-order valence-corrected chi connectivity index (χ1v) is 12.0. The maximum Gasteiger partial charge on any atom is 0.309 e. The summed E-state index contributed by atoms with van der Waals surface area (Å²) in [7, 11) is 0. The molecule has 1 N–H and O–H groups in total. The highest BCUT2D eigenvalue weighted by atomic mass is 16.5. The van der Waals surface area contributed by atoms with Gasteiger partial charge < -0.3 is 14.6 Å².